The van der Waals surface area contributed by atoms with Crippen LogP contribution in [-0.2, 0) is 4.74 Å². The van der Waals surface area contributed by atoms with Gasteiger partial charge in [-0.15, -0.1) is 0 Å². The van der Waals surface area contributed by atoms with Crippen molar-refractivity contribution in [1.82, 2.24) is 5.32 Å². The van der Waals surface area contributed by atoms with Crippen molar-refractivity contribution in [1.29, 1.82) is 0 Å². The van der Waals surface area contributed by atoms with Crippen LogP contribution in [0.5, 0.6) is 0 Å². The summed E-state index contributed by atoms with van der Waals surface area (Å²) < 4.78 is 5.54. The fraction of sp³-hybridized carbons (Fsp3) is 0.517. The molecule has 0 amide bonds. The van der Waals surface area contributed by atoms with Crippen LogP contribution in [0.25, 0.3) is 10.8 Å². The highest BCUT2D eigenvalue weighted by atomic mass is 16.5. The minimum Gasteiger partial charge on any atom is -0.501 e. The highest BCUT2D eigenvalue weighted by molar-refractivity contribution is 5.83. The summed E-state index contributed by atoms with van der Waals surface area (Å²) in [6.07, 6.45) is 12.4. The van der Waals surface area contributed by atoms with Crippen molar-refractivity contribution in [2.45, 2.75) is 77.0 Å². The van der Waals surface area contributed by atoms with Gasteiger partial charge in [0.15, 0.2) is 0 Å². The second kappa shape index (κ2) is 12.7. The molecule has 2 nitrogen and oxygen atoms in total. The monoisotopic (exact) mass is 419 g/mol. The number of unbranched alkanes of at least 4 members (excludes halogenated alkanes) is 1. The van der Waals surface area contributed by atoms with E-state index in [9.17, 15) is 0 Å². The lowest BCUT2D eigenvalue weighted by atomic mass is 9.89. The maximum Gasteiger partial charge on any atom is 0.0989 e. The first-order valence-corrected chi connectivity index (χ1v) is 12.4. The standard InChI is InChI=1S/C15H17N.C14H24O/c1-2-4-14-11-15(6-5-12(14)3-1)13-7-9-16-10-8-13;1-4-5-11-14(15-3)13-10-8-6-7-9-12(13)2/h1-6,11,13,16H,7-10H2;2,4-11H2,1,3H3/b;14-13-. The topological polar surface area (TPSA) is 21.3 Å². The van der Waals surface area contributed by atoms with Crippen LogP contribution in [0.15, 0.2) is 65.9 Å². The van der Waals surface area contributed by atoms with Crippen molar-refractivity contribution in [2.24, 2.45) is 0 Å². The van der Waals surface area contributed by atoms with Crippen molar-refractivity contribution in [3.8, 4) is 0 Å². The van der Waals surface area contributed by atoms with Crippen LogP contribution >= 0.6 is 0 Å². The Hall–Kier alpha value is -2.06. The van der Waals surface area contributed by atoms with Gasteiger partial charge in [0, 0.05) is 6.42 Å². The van der Waals surface area contributed by atoms with Gasteiger partial charge in [-0.2, -0.15) is 0 Å². The molecule has 1 N–H and O–H groups in total. The molecule has 4 rings (SSSR count). The van der Waals surface area contributed by atoms with Crippen LogP contribution in [0.4, 0.5) is 0 Å². The van der Waals surface area contributed by atoms with Gasteiger partial charge in [0.25, 0.3) is 0 Å². The lowest BCUT2D eigenvalue weighted by Crippen LogP contribution is -2.26. The smallest absolute Gasteiger partial charge is 0.0989 e. The second-order valence-electron chi connectivity index (χ2n) is 9.00. The van der Waals surface area contributed by atoms with Gasteiger partial charge in [0.05, 0.1) is 12.9 Å². The first-order valence-electron chi connectivity index (χ1n) is 12.4. The van der Waals surface area contributed by atoms with Crippen LogP contribution < -0.4 is 5.32 Å². The quantitative estimate of drug-likeness (QED) is 0.393. The third-order valence-electron chi connectivity index (χ3n) is 6.76. The van der Waals surface area contributed by atoms with Crippen molar-refractivity contribution in [3.63, 3.8) is 0 Å². The average Bonchev–Trinajstić information content (AvgIpc) is 3.05. The number of nitrogens with one attached hydrogen (secondary N) is 1. The molecule has 0 aromatic heterocycles. The molecular weight excluding hydrogens is 378 g/mol. The zero-order valence-corrected chi connectivity index (χ0v) is 19.7. The summed E-state index contributed by atoms with van der Waals surface area (Å²) in [7, 11) is 1.80. The number of fused-ring (bicyclic) bond motifs is 1. The molecule has 2 aromatic rings. The van der Waals surface area contributed by atoms with Gasteiger partial charge in [-0.25, -0.2) is 0 Å². The Balaban J connectivity index is 0.000000176. The molecule has 2 aliphatic rings. The third-order valence-corrected chi connectivity index (χ3v) is 6.76. The van der Waals surface area contributed by atoms with E-state index in [2.05, 4.69) is 61.3 Å². The van der Waals surface area contributed by atoms with Crippen molar-refractivity contribution < 1.29 is 4.74 Å². The SMILES string of the molecule is C=C1CCCCC/C1=C(\CCCC)OC.c1ccc2cc(C3CCNCC3)ccc2c1. The van der Waals surface area contributed by atoms with Crippen LogP contribution in [0.3, 0.4) is 0 Å². The molecule has 0 atom stereocenters. The fourth-order valence-corrected chi connectivity index (χ4v) is 4.81. The number of rotatable bonds is 5. The predicted octanol–water partition coefficient (Wildman–Crippen LogP) is 7.90. The molecule has 0 radical (unpaired) electrons. The van der Waals surface area contributed by atoms with E-state index in [0.717, 1.165) is 31.8 Å². The summed E-state index contributed by atoms with van der Waals surface area (Å²) in [6.45, 7) is 8.75. The zero-order chi connectivity index (χ0) is 21.9. The van der Waals surface area contributed by atoms with E-state index in [-0.39, 0.29) is 0 Å². The maximum absolute atomic E-state index is 5.54. The van der Waals surface area contributed by atoms with E-state index < -0.39 is 0 Å². The molecule has 2 heteroatoms. The summed E-state index contributed by atoms with van der Waals surface area (Å²) in [5.41, 5.74) is 4.25. The maximum atomic E-state index is 5.54. The van der Waals surface area contributed by atoms with Crippen LogP contribution in [-0.4, -0.2) is 20.2 Å². The largest absolute Gasteiger partial charge is 0.501 e. The molecule has 1 heterocycles. The Kier molecular flexibility index (Phi) is 9.68. The predicted molar refractivity (Wildman–Crippen MR) is 135 cm³/mol. The van der Waals surface area contributed by atoms with E-state index in [1.165, 1.54) is 84.6 Å². The minimum atomic E-state index is 0.755. The Labute approximate surface area is 189 Å². The van der Waals surface area contributed by atoms with Crippen molar-refractivity contribution in [3.05, 3.63) is 71.5 Å². The lowest BCUT2D eigenvalue weighted by Gasteiger charge is -2.23. The van der Waals surface area contributed by atoms with Gasteiger partial charge >= 0.3 is 0 Å². The third kappa shape index (κ3) is 6.97. The number of hydrogen-bond donors (Lipinski definition) is 1. The van der Waals surface area contributed by atoms with Gasteiger partial charge in [0.1, 0.15) is 0 Å². The van der Waals surface area contributed by atoms with E-state index in [4.69, 9.17) is 4.74 Å². The number of allylic oxidation sites excluding steroid dienone is 3. The van der Waals surface area contributed by atoms with Gasteiger partial charge < -0.3 is 10.1 Å². The molecule has 0 spiro atoms. The molecule has 1 aliphatic carbocycles. The number of ether oxygens (including phenoxy) is 1. The number of methoxy groups -OCH3 is 1. The Morgan fingerprint density at radius 3 is 2.48 bits per heavy atom. The van der Waals surface area contributed by atoms with Crippen LogP contribution in [0.1, 0.15) is 82.6 Å². The molecular formula is C29H41NO. The molecule has 1 saturated heterocycles. The first-order chi connectivity index (χ1) is 15.2. The van der Waals surface area contributed by atoms with Crippen molar-refractivity contribution in [2.75, 3.05) is 20.2 Å². The summed E-state index contributed by atoms with van der Waals surface area (Å²) in [6, 6.07) is 15.5. The molecule has 168 valence electrons. The number of hydrogen-bond acceptors (Lipinski definition) is 2. The number of benzene rings is 2. The molecule has 2 fully saturated rings. The average molecular weight is 420 g/mol. The summed E-state index contributed by atoms with van der Waals surface area (Å²) in [5, 5.41) is 6.14. The minimum absolute atomic E-state index is 0.755. The molecule has 1 saturated carbocycles. The van der Waals surface area contributed by atoms with Gasteiger partial charge in [0.2, 0.25) is 0 Å². The van der Waals surface area contributed by atoms with E-state index in [1.807, 2.05) is 0 Å². The van der Waals surface area contributed by atoms with E-state index >= 15 is 0 Å². The Morgan fingerprint density at radius 2 is 1.74 bits per heavy atom. The summed E-state index contributed by atoms with van der Waals surface area (Å²) in [4.78, 5) is 0. The zero-order valence-electron chi connectivity index (χ0n) is 19.7. The second-order valence-corrected chi connectivity index (χ2v) is 9.00. The van der Waals surface area contributed by atoms with Gasteiger partial charge in [-0.05, 0) is 91.4 Å². The first kappa shape index (κ1) is 23.6. The van der Waals surface area contributed by atoms with Gasteiger partial charge in [-0.1, -0.05) is 68.8 Å². The molecule has 1 aliphatic heterocycles. The molecule has 0 unspecified atom stereocenters. The summed E-state index contributed by atoms with van der Waals surface area (Å²) >= 11 is 0. The van der Waals surface area contributed by atoms with Crippen LogP contribution in [0, 0.1) is 0 Å². The Morgan fingerprint density at radius 1 is 1.00 bits per heavy atom. The lowest BCUT2D eigenvalue weighted by molar-refractivity contribution is 0.269. The Bertz CT molecular complexity index is 860. The molecule has 0 bridgehead atoms. The van der Waals surface area contributed by atoms with Gasteiger partial charge in [-0.3, -0.25) is 0 Å². The fourth-order valence-electron chi connectivity index (χ4n) is 4.81. The van der Waals surface area contributed by atoms with E-state index in [0.29, 0.717) is 0 Å². The normalized spacial score (nSPS) is 19.4. The van der Waals surface area contributed by atoms with Crippen LogP contribution in [0.2, 0.25) is 0 Å². The molecule has 2 aromatic carbocycles. The van der Waals surface area contributed by atoms with E-state index in [1.54, 1.807) is 7.11 Å². The van der Waals surface area contributed by atoms with Crippen molar-refractivity contribution >= 4 is 10.8 Å². The molecule has 31 heavy (non-hydrogen) atoms. The highest BCUT2D eigenvalue weighted by Gasteiger charge is 2.15. The summed E-state index contributed by atoms with van der Waals surface area (Å²) in [5.74, 6) is 1.95. The highest BCUT2D eigenvalue weighted by Crippen LogP contribution is 2.31. The number of piperidine rings is 1.